The summed E-state index contributed by atoms with van der Waals surface area (Å²) >= 11 is 3.32. The van der Waals surface area contributed by atoms with Gasteiger partial charge in [0.05, 0.1) is 4.90 Å². The molecule has 1 aromatic rings. The first-order valence-corrected chi connectivity index (χ1v) is 9.30. The first kappa shape index (κ1) is 14.5. The fourth-order valence-corrected chi connectivity index (χ4v) is 5.03. The highest BCUT2D eigenvalue weighted by atomic mass is 79.9. The van der Waals surface area contributed by atoms with Crippen LogP contribution in [-0.2, 0) is 10.0 Å². The second-order valence-electron chi connectivity index (χ2n) is 5.83. The molecule has 0 amide bonds. The van der Waals surface area contributed by atoms with Crippen molar-refractivity contribution in [2.45, 2.75) is 48.6 Å². The Kier molecular flexibility index (Phi) is 3.92. The van der Waals surface area contributed by atoms with Gasteiger partial charge in [-0.15, -0.1) is 0 Å². The van der Waals surface area contributed by atoms with Crippen LogP contribution >= 0.6 is 15.9 Å². The Morgan fingerprint density at radius 1 is 1.35 bits per heavy atom. The van der Waals surface area contributed by atoms with Gasteiger partial charge in [0.1, 0.15) is 0 Å². The minimum Gasteiger partial charge on any atom is -0.311 e. The minimum absolute atomic E-state index is 0.0422. The molecule has 1 heterocycles. The van der Waals surface area contributed by atoms with Crippen molar-refractivity contribution < 1.29 is 8.42 Å². The zero-order valence-electron chi connectivity index (χ0n) is 11.2. The molecular formula is C14H19BrN2O2S. The molecule has 2 N–H and O–H groups in total. The summed E-state index contributed by atoms with van der Waals surface area (Å²) in [5.41, 5.74) is 0.197. The number of benzene rings is 1. The molecule has 6 heteroatoms. The summed E-state index contributed by atoms with van der Waals surface area (Å²) in [6.07, 6.45) is 5.34. The topological polar surface area (TPSA) is 58.2 Å². The van der Waals surface area contributed by atoms with E-state index in [9.17, 15) is 8.42 Å². The maximum atomic E-state index is 12.4. The van der Waals surface area contributed by atoms with Crippen LogP contribution in [-0.4, -0.2) is 26.5 Å². The van der Waals surface area contributed by atoms with Gasteiger partial charge >= 0.3 is 0 Å². The molecule has 0 aromatic heterocycles. The van der Waals surface area contributed by atoms with Gasteiger partial charge in [-0.3, -0.25) is 0 Å². The molecule has 20 heavy (non-hydrogen) atoms. The van der Waals surface area contributed by atoms with Gasteiger partial charge in [0, 0.05) is 16.1 Å². The van der Waals surface area contributed by atoms with E-state index >= 15 is 0 Å². The maximum Gasteiger partial charge on any atom is 0.240 e. The Hall–Kier alpha value is -0.430. The molecule has 4 nitrogen and oxygen atoms in total. The summed E-state index contributed by atoms with van der Waals surface area (Å²) < 4.78 is 28.5. The second-order valence-corrected chi connectivity index (χ2v) is 8.46. The minimum atomic E-state index is -3.42. The highest BCUT2D eigenvalue weighted by molar-refractivity contribution is 9.10. The van der Waals surface area contributed by atoms with E-state index in [1.165, 1.54) is 19.3 Å². The van der Waals surface area contributed by atoms with E-state index in [2.05, 4.69) is 26.0 Å². The molecule has 1 saturated carbocycles. The summed E-state index contributed by atoms with van der Waals surface area (Å²) in [4.78, 5) is 0.327. The molecule has 0 bridgehead atoms. The average molecular weight is 359 g/mol. The molecule has 1 unspecified atom stereocenters. The number of piperidine rings is 1. The molecule has 3 rings (SSSR count). The van der Waals surface area contributed by atoms with Gasteiger partial charge in [0.2, 0.25) is 10.0 Å². The lowest BCUT2D eigenvalue weighted by Gasteiger charge is -2.48. The second kappa shape index (κ2) is 5.40. The van der Waals surface area contributed by atoms with Crippen LogP contribution in [0.4, 0.5) is 0 Å². The smallest absolute Gasteiger partial charge is 0.240 e. The van der Waals surface area contributed by atoms with Gasteiger partial charge in [-0.25, -0.2) is 13.1 Å². The number of sulfonamides is 1. The monoisotopic (exact) mass is 358 g/mol. The Bertz CT molecular complexity index is 599. The molecule has 2 aliphatic rings. The van der Waals surface area contributed by atoms with Crippen molar-refractivity contribution in [1.29, 1.82) is 0 Å². The lowest BCUT2D eigenvalue weighted by Crippen LogP contribution is -2.59. The van der Waals surface area contributed by atoms with Gasteiger partial charge < -0.3 is 5.32 Å². The molecule has 1 aromatic carbocycles. The molecule has 0 radical (unpaired) electrons. The number of hydrogen-bond acceptors (Lipinski definition) is 3. The zero-order chi connectivity index (χ0) is 14.2. The van der Waals surface area contributed by atoms with E-state index in [1.54, 1.807) is 18.2 Å². The lowest BCUT2D eigenvalue weighted by molar-refractivity contribution is 0.126. The molecule has 1 spiro atoms. The van der Waals surface area contributed by atoms with Crippen molar-refractivity contribution in [3.05, 3.63) is 28.7 Å². The Morgan fingerprint density at radius 2 is 2.15 bits per heavy atom. The first-order chi connectivity index (χ1) is 9.49. The standard InChI is InChI=1S/C14H19BrN2O2S/c15-11-3-1-4-13(9-11)20(18,19)17-12-5-8-16-14(10-12)6-2-7-14/h1,3-4,9,12,16-17H,2,5-8,10H2. The first-order valence-electron chi connectivity index (χ1n) is 7.02. The summed E-state index contributed by atoms with van der Waals surface area (Å²) in [6.45, 7) is 0.895. The van der Waals surface area contributed by atoms with Gasteiger partial charge in [-0.05, 0) is 56.8 Å². The van der Waals surface area contributed by atoms with Crippen LogP contribution in [0.1, 0.15) is 32.1 Å². The quantitative estimate of drug-likeness (QED) is 0.872. The van der Waals surface area contributed by atoms with Crippen molar-refractivity contribution in [3.63, 3.8) is 0 Å². The number of hydrogen-bond donors (Lipinski definition) is 2. The molecule has 1 atom stereocenters. The van der Waals surface area contributed by atoms with Crippen LogP contribution in [0.5, 0.6) is 0 Å². The predicted octanol–water partition coefficient (Wildman–Crippen LogP) is 2.40. The fraction of sp³-hybridized carbons (Fsp3) is 0.571. The summed E-state index contributed by atoms with van der Waals surface area (Å²) in [7, 11) is -3.42. The molecule has 1 saturated heterocycles. The van der Waals surface area contributed by atoms with Gasteiger partial charge in [-0.2, -0.15) is 0 Å². The summed E-state index contributed by atoms with van der Waals surface area (Å²) in [5.74, 6) is 0. The average Bonchev–Trinajstić information content (AvgIpc) is 2.37. The van der Waals surface area contributed by atoms with Crippen LogP contribution in [0.15, 0.2) is 33.6 Å². The fourth-order valence-electron chi connectivity index (χ4n) is 3.16. The summed E-state index contributed by atoms with van der Waals surface area (Å²) in [5, 5.41) is 3.55. The number of rotatable bonds is 3. The molecule has 2 fully saturated rings. The zero-order valence-corrected chi connectivity index (χ0v) is 13.6. The molecule has 1 aliphatic carbocycles. The van der Waals surface area contributed by atoms with E-state index in [4.69, 9.17) is 0 Å². The highest BCUT2D eigenvalue weighted by Gasteiger charge is 2.41. The SMILES string of the molecule is O=S(=O)(NC1CCNC2(CCC2)C1)c1cccc(Br)c1. The molecule has 1 aliphatic heterocycles. The maximum absolute atomic E-state index is 12.4. The number of nitrogens with one attached hydrogen (secondary N) is 2. The largest absolute Gasteiger partial charge is 0.311 e. The van der Waals surface area contributed by atoms with Crippen LogP contribution in [0.25, 0.3) is 0 Å². The Labute approximate surface area is 128 Å². The summed E-state index contributed by atoms with van der Waals surface area (Å²) in [6, 6.07) is 6.89. The van der Waals surface area contributed by atoms with Crippen LogP contribution in [0, 0.1) is 0 Å². The van der Waals surface area contributed by atoms with E-state index in [1.807, 2.05) is 6.07 Å². The van der Waals surface area contributed by atoms with Crippen LogP contribution in [0.2, 0.25) is 0 Å². The van der Waals surface area contributed by atoms with Crippen molar-refractivity contribution in [3.8, 4) is 0 Å². The van der Waals surface area contributed by atoms with Crippen LogP contribution in [0.3, 0.4) is 0 Å². The Balaban J connectivity index is 1.73. The van der Waals surface area contributed by atoms with E-state index in [0.717, 1.165) is 23.9 Å². The lowest BCUT2D eigenvalue weighted by atomic mass is 9.70. The molecule has 110 valence electrons. The third-order valence-electron chi connectivity index (χ3n) is 4.37. The van der Waals surface area contributed by atoms with Crippen molar-refractivity contribution in [2.75, 3.05) is 6.54 Å². The Morgan fingerprint density at radius 3 is 2.80 bits per heavy atom. The van der Waals surface area contributed by atoms with E-state index in [-0.39, 0.29) is 11.6 Å². The molecular weight excluding hydrogens is 340 g/mol. The third kappa shape index (κ3) is 2.93. The third-order valence-corrected chi connectivity index (χ3v) is 6.38. The number of halogens is 1. The van der Waals surface area contributed by atoms with E-state index in [0.29, 0.717) is 4.90 Å². The van der Waals surface area contributed by atoms with Gasteiger partial charge in [0.25, 0.3) is 0 Å². The highest BCUT2D eigenvalue weighted by Crippen LogP contribution is 2.38. The van der Waals surface area contributed by atoms with Crippen molar-refractivity contribution in [2.24, 2.45) is 0 Å². The van der Waals surface area contributed by atoms with Crippen molar-refractivity contribution >= 4 is 26.0 Å². The van der Waals surface area contributed by atoms with E-state index < -0.39 is 10.0 Å². The normalized spacial score (nSPS) is 25.4. The van der Waals surface area contributed by atoms with Gasteiger partial charge in [-0.1, -0.05) is 22.0 Å². The van der Waals surface area contributed by atoms with Crippen molar-refractivity contribution in [1.82, 2.24) is 10.0 Å². The van der Waals surface area contributed by atoms with Gasteiger partial charge in [0.15, 0.2) is 0 Å². The predicted molar refractivity (Wildman–Crippen MR) is 82.1 cm³/mol. The van der Waals surface area contributed by atoms with Crippen LogP contribution < -0.4 is 10.0 Å².